The molecule has 0 aromatic carbocycles. The predicted octanol–water partition coefficient (Wildman–Crippen LogP) is 3.42. The normalized spacial score (nSPS) is 31.5. The van der Waals surface area contributed by atoms with Crippen LogP contribution in [0.5, 0.6) is 0 Å². The molecule has 0 spiro atoms. The standard InChI is InChI=1S/C26H45N5O2/c1-30-24(33)26(29-25(30)27,14-13-20-8-3-2-4-9-20)19-21-10-5-11-22(18-21)28-15-7-17-31-16-6-12-23(31)32/h20-22,28H,2-19H2,1H3,(H2,27,29)/t21-,22-,26+/m0/s1. The summed E-state index contributed by atoms with van der Waals surface area (Å²) < 4.78 is 0. The number of nitrogens with zero attached hydrogens (tertiary/aromatic N) is 3. The van der Waals surface area contributed by atoms with Crippen molar-refractivity contribution in [2.24, 2.45) is 22.6 Å². The van der Waals surface area contributed by atoms with Crippen molar-refractivity contribution in [2.45, 2.75) is 108 Å². The van der Waals surface area contributed by atoms with E-state index in [0.29, 0.717) is 23.8 Å². The summed E-state index contributed by atoms with van der Waals surface area (Å²) in [7, 11) is 1.78. The average Bonchev–Trinajstić information content (AvgIpc) is 3.32. The van der Waals surface area contributed by atoms with Gasteiger partial charge in [-0.05, 0) is 63.3 Å². The van der Waals surface area contributed by atoms with Crippen molar-refractivity contribution in [3.63, 3.8) is 0 Å². The monoisotopic (exact) mass is 459 g/mol. The van der Waals surface area contributed by atoms with Crippen LogP contribution in [0.2, 0.25) is 0 Å². The number of guanidine groups is 1. The molecule has 3 N–H and O–H groups in total. The molecule has 186 valence electrons. The highest BCUT2D eigenvalue weighted by molar-refractivity contribution is 6.06. The number of hydrogen-bond acceptors (Lipinski definition) is 5. The number of nitrogens with one attached hydrogen (secondary N) is 1. The van der Waals surface area contributed by atoms with Gasteiger partial charge in [0.15, 0.2) is 5.96 Å². The van der Waals surface area contributed by atoms with Crippen LogP contribution in [0, 0.1) is 11.8 Å². The molecule has 33 heavy (non-hydrogen) atoms. The fraction of sp³-hybridized carbons (Fsp3) is 0.885. The molecule has 2 saturated carbocycles. The van der Waals surface area contributed by atoms with Gasteiger partial charge in [0.2, 0.25) is 5.91 Å². The molecule has 0 bridgehead atoms. The maximum absolute atomic E-state index is 13.3. The molecule has 0 aromatic rings. The first-order chi connectivity index (χ1) is 16.0. The van der Waals surface area contributed by atoms with Crippen molar-refractivity contribution in [3.05, 3.63) is 0 Å². The Labute approximate surface area is 199 Å². The Bertz CT molecular complexity index is 719. The van der Waals surface area contributed by atoms with Crippen molar-refractivity contribution >= 4 is 17.8 Å². The van der Waals surface area contributed by atoms with Crippen LogP contribution in [0.15, 0.2) is 4.99 Å². The summed E-state index contributed by atoms with van der Waals surface area (Å²) in [5.41, 5.74) is 5.50. The summed E-state index contributed by atoms with van der Waals surface area (Å²) in [5.74, 6) is 2.08. The molecule has 4 aliphatic rings. The van der Waals surface area contributed by atoms with Gasteiger partial charge in [0.25, 0.3) is 5.91 Å². The maximum atomic E-state index is 13.3. The zero-order chi connectivity index (χ0) is 23.3. The van der Waals surface area contributed by atoms with Gasteiger partial charge in [0, 0.05) is 32.6 Å². The van der Waals surface area contributed by atoms with Crippen LogP contribution in [0.1, 0.15) is 96.3 Å². The van der Waals surface area contributed by atoms with E-state index in [2.05, 4.69) is 5.32 Å². The number of aliphatic imine (C=N–C) groups is 1. The molecule has 0 aromatic heterocycles. The lowest BCUT2D eigenvalue weighted by molar-refractivity contribution is -0.131. The van der Waals surface area contributed by atoms with Crippen molar-refractivity contribution in [1.29, 1.82) is 0 Å². The molecule has 2 aliphatic carbocycles. The SMILES string of the molecule is CN1C(=O)[C@@](CCC2CCCCC2)(C[C@H]2CCC[C@H](NCCCN3CCCC3=O)C2)N=C1N. The van der Waals surface area contributed by atoms with Gasteiger partial charge in [0.05, 0.1) is 0 Å². The first kappa shape index (κ1) is 24.5. The predicted molar refractivity (Wildman–Crippen MR) is 132 cm³/mol. The highest BCUT2D eigenvalue weighted by Crippen LogP contribution is 2.40. The lowest BCUT2D eigenvalue weighted by Gasteiger charge is -2.35. The lowest BCUT2D eigenvalue weighted by Crippen LogP contribution is -2.45. The number of nitrogens with two attached hydrogens (primary N) is 1. The van der Waals surface area contributed by atoms with Gasteiger partial charge in [-0.2, -0.15) is 0 Å². The van der Waals surface area contributed by atoms with Crippen LogP contribution in [-0.2, 0) is 9.59 Å². The summed E-state index contributed by atoms with van der Waals surface area (Å²) in [6.45, 7) is 2.77. The molecule has 3 atom stereocenters. The first-order valence-electron chi connectivity index (χ1n) is 13.6. The molecule has 2 heterocycles. The fourth-order valence-electron chi connectivity index (χ4n) is 6.73. The minimum atomic E-state index is -0.640. The number of rotatable bonds is 10. The van der Waals surface area contributed by atoms with E-state index in [1.807, 2.05) is 4.90 Å². The molecule has 4 rings (SSSR count). The smallest absolute Gasteiger partial charge is 0.257 e. The maximum Gasteiger partial charge on any atom is 0.257 e. The fourth-order valence-corrected chi connectivity index (χ4v) is 6.73. The number of likely N-dealkylation sites (tertiary alicyclic amines) is 1. The molecule has 2 aliphatic heterocycles. The van der Waals surface area contributed by atoms with E-state index in [1.165, 1.54) is 51.4 Å². The third kappa shape index (κ3) is 6.09. The van der Waals surface area contributed by atoms with Gasteiger partial charge in [-0.25, -0.2) is 4.99 Å². The lowest BCUT2D eigenvalue weighted by atomic mass is 9.74. The summed E-state index contributed by atoms with van der Waals surface area (Å²) in [6.07, 6.45) is 16.9. The van der Waals surface area contributed by atoms with Gasteiger partial charge in [-0.3, -0.25) is 14.5 Å². The Morgan fingerprint density at radius 1 is 1.06 bits per heavy atom. The Morgan fingerprint density at radius 3 is 2.55 bits per heavy atom. The van der Waals surface area contributed by atoms with E-state index in [4.69, 9.17) is 10.7 Å². The highest BCUT2D eigenvalue weighted by atomic mass is 16.2. The van der Waals surface area contributed by atoms with Crippen molar-refractivity contribution in [2.75, 3.05) is 26.7 Å². The molecular weight excluding hydrogens is 414 g/mol. The minimum absolute atomic E-state index is 0.112. The van der Waals surface area contributed by atoms with E-state index in [9.17, 15) is 9.59 Å². The second-order valence-electron chi connectivity index (χ2n) is 11.1. The number of likely N-dealkylation sites (N-methyl/N-ethyl adjacent to an activating group) is 1. The van der Waals surface area contributed by atoms with Crippen LogP contribution in [-0.4, -0.2) is 65.8 Å². The van der Waals surface area contributed by atoms with Crippen LogP contribution in [0.4, 0.5) is 0 Å². The minimum Gasteiger partial charge on any atom is -0.369 e. The van der Waals surface area contributed by atoms with Gasteiger partial charge >= 0.3 is 0 Å². The van der Waals surface area contributed by atoms with Gasteiger partial charge in [0.1, 0.15) is 5.54 Å². The van der Waals surface area contributed by atoms with Crippen LogP contribution in [0.25, 0.3) is 0 Å². The van der Waals surface area contributed by atoms with E-state index >= 15 is 0 Å². The second-order valence-corrected chi connectivity index (χ2v) is 11.1. The van der Waals surface area contributed by atoms with Gasteiger partial charge in [-0.1, -0.05) is 44.9 Å². The number of carbonyl (C=O) groups excluding carboxylic acids is 2. The van der Waals surface area contributed by atoms with Crippen LogP contribution >= 0.6 is 0 Å². The van der Waals surface area contributed by atoms with E-state index in [0.717, 1.165) is 70.5 Å². The van der Waals surface area contributed by atoms with E-state index < -0.39 is 5.54 Å². The van der Waals surface area contributed by atoms with Crippen LogP contribution in [0.3, 0.4) is 0 Å². The van der Waals surface area contributed by atoms with E-state index in [1.54, 1.807) is 11.9 Å². The van der Waals surface area contributed by atoms with Crippen LogP contribution < -0.4 is 11.1 Å². The zero-order valence-corrected chi connectivity index (χ0v) is 20.7. The summed E-state index contributed by atoms with van der Waals surface area (Å²) in [5, 5.41) is 3.75. The largest absolute Gasteiger partial charge is 0.369 e. The summed E-state index contributed by atoms with van der Waals surface area (Å²) in [6, 6.07) is 0.504. The van der Waals surface area contributed by atoms with Crippen molar-refractivity contribution < 1.29 is 9.59 Å². The van der Waals surface area contributed by atoms with Gasteiger partial charge < -0.3 is 16.0 Å². The summed E-state index contributed by atoms with van der Waals surface area (Å²) in [4.78, 5) is 33.5. The third-order valence-corrected chi connectivity index (χ3v) is 8.68. The Hall–Kier alpha value is -1.63. The quantitative estimate of drug-likeness (QED) is 0.490. The molecule has 0 radical (unpaired) electrons. The number of amides is 2. The van der Waals surface area contributed by atoms with Gasteiger partial charge in [-0.15, -0.1) is 0 Å². The molecular formula is C26H45N5O2. The average molecular weight is 460 g/mol. The Morgan fingerprint density at radius 2 is 1.85 bits per heavy atom. The number of carbonyl (C=O) groups is 2. The molecule has 2 amide bonds. The summed E-state index contributed by atoms with van der Waals surface area (Å²) >= 11 is 0. The van der Waals surface area contributed by atoms with E-state index in [-0.39, 0.29) is 5.91 Å². The molecule has 1 saturated heterocycles. The van der Waals surface area contributed by atoms with Crippen molar-refractivity contribution in [3.8, 4) is 0 Å². The first-order valence-corrected chi connectivity index (χ1v) is 13.6. The molecule has 7 nitrogen and oxygen atoms in total. The third-order valence-electron chi connectivity index (χ3n) is 8.68. The van der Waals surface area contributed by atoms with Crippen molar-refractivity contribution in [1.82, 2.24) is 15.1 Å². The topological polar surface area (TPSA) is 91.0 Å². The number of hydrogen-bond donors (Lipinski definition) is 2. The zero-order valence-electron chi connectivity index (χ0n) is 20.7. The molecule has 0 unspecified atom stereocenters. The second kappa shape index (κ2) is 11.2. The molecule has 7 heteroatoms. The Kier molecular flexibility index (Phi) is 8.31. The Balaban J connectivity index is 1.29. The molecule has 3 fully saturated rings. The highest BCUT2D eigenvalue weighted by Gasteiger charge is 2.48.